The van der Waals surface area contributed by atoms with Crippen molar-refractivity contribution in [3.05, 3.63) is 74.8 Å². The van der Waals surface area contributed by atoms with E-state index in [9.17, 15) is 40.9 Å². The number of piperazine rings is 1. The Morgan fingerprint density at radius 3 is 2.21 bits per heavy atom. The molecule has 18 heteroatoms. The van der Waals surface area contributed by atoms with Gasteiger partial charge in [-0.2, -0.15) is 22.0 Å². The molecule has 3 aromatic rings. The van der Waals surface area contributed by atoms with Gasteiger partial charge in [0.2, 0.25) is 5.91 Å². The van der Waals surface area contributed by atoms with Crippen molar-refractivity contribution in [2.45, 2.75) is 117 Å². The highest BCUT2D eigenvalue weighted by atomic mass is 32.2. The van der Waals surface area contributed by atoms with Crippen molar-refractivity contribution in [1.82, 2.24) is 25.5 Å². The van der Waals surface area contributed by atoms with Crippen LogP contribution in [0, 0.1) is 19.3 Å². The summed E-state index contributed by atoms with van der Waals surface area (Å²) < 4.78 is 74.6. The average Bonchev–Trinajstić information content (AvgIpc) is 3.22. The van der Waals surface area contributed by atoms with E-state index in [0.29, 0.717) is 47.5 Å². The second kappa shape index (κ2) is 24.5. The number of nitrogens with zero attached hydrogens (tertiary/aromatic N) is 3. The van der Waals surface area contributed by atoms with Gasteiger partial charge in [0.1, 0.15) is 17.3 Å². The first-order chi connectivity index (χ1) is 29.9. The van der Waals surface area contributed by atoms with Crippen molar-refractivity contribution < 1.29 is 36.1 Å². The number of aryl methyl sites for hydroxylation is 2. The van der Waals surface area contributed by atoms with Gasteiger partial charge in [0.15, 0.2) is 0 Å². The van der Waals surface area contributed by atoms with E-state index in [4.69, 9.17) is 10.4 Å². The Morgan fingerprint density at radius 2 is 1.59 bits per heavy atom. The molecule has 12 nitrogen and oxygen atoms in total. The van der Waals surface area contributed by atoms with Crippen molar-refractivity contribution in [2.24, 2.45) is 0 Å². The minimum absolute atomic E-state index is 0.0228. The Labute approximate surface area is 370 Å². The number of unbranched alkanes of at least 4 members (excludes halogenated alkanes) is 6. The lowest BCUT2D eigenvalue weighted by Crippen LogP contribution is -2.48. The molecule has 3 heterocycles. The Bertz CT molecular complexity index is 2010. The molecular formula is C45H63F5N8O4S. The molecule has 1 saturated heterocycles. The lowest BCUT2D eigenvalue weighted by atomic mass is 9.97. The summed E-state index contributed by atoms with van der Waals surface area (Å²) in [7, 11) is 0. The number of hydrogen-bond acceptors (Lipinski definition) is 9. The number of anilines is 2. The lowest BCUT2D eigenvalue weighted by Gasteiger charge is -2.35. The Kier molecular flexibility index (Phi) is 19.9. The van der Waals surface area contributed by atoms with Gasteiger partial charge in [-0.05, 0) is 94.8 Å². The molecule has 0 aliphatic carbocycles. The van der Waals surface area contributed by atoms with E-state index in [-0.39, 0.29) is 29.8 Å². The van der Waals surface area contributed by atoms with Gasteiger partial charge in [-0.3, -0.25) is 19.3 Å². The monoisotopic (exact) mass is 906 g/mol. The number of nitrogens with one attached hydrogen (secondary N) is 5. The number of H-pyrrole nitrogens is 1. The molecule has 1 fully saturated rings. The summed E-state index contributed by atoms with van der Waals surface area (Å²) in [4.78, 5) is 50.7. The summed E-state index contributed by atoms with van der Waals surface area (Å²) in [6.07, 6.45) is 2.03. The van der Waals surface area contributed by atoms with Crippen LogP contribution < -0.4 is 26.4 Å². The SMILES string of the molecule is Cc1cc(C)c(CNC(=O)c2cc(-c3ccc(N4CCN(CCNC(=O)CCCCCCCCC[S+]([O-])CCCC(F)(F)C(F)(F)F)CC4)nc3)cc(NC(C)C)c2C=N)c(=O)[nH]1. The van der Waals surface area contributed by atoms with Gasteiger partial charge < -0.3 is 35.8 Å². The maximum absolute atomic E-state index is 13.6. The van der Waals surface area contributed by atoms with Crippen LogP contribution >= 0.6 is 0 Å². The number of aromatic nitrogens is 2. The second-order valence-corrected chi connectivity index (χ2v) is 18.2. The number of alkyl halides is 5. The van der Waals surface area contributed by atoms with Crippen molar-refractivity contribution in [2.75, 3.05) is 61.0 Å². The van der Waals surface area contributed by atoms with E-state index in [1.54, 1.807) is 19.2 Å². The fourth-order valence-electron chi connectivity index (χ4n) is 7.48. The number of hydrogen-bond donors (Lipinski definition) is 5. The van der Waals surface area contributed by atoms with Gasteiger partial charge in [0.25, 0.3) is 11.5 Å². The molecule has 0 spiro atoms. The van der Waals surface area contributed by atoms with E-state index in [1.165, 1.54) is 0 Å². The number of amides is 2. The normalized spacial score (nSPS) is 14.2. The molecule has 0 bridgehead atoms. The maximum atomic E-state index is 13.6. The molecule has 5 N–H and O–H groups in total. The van der Waals surface area contributed by atoms with Crippen LogP contribution in [-0.4, -0.2) is 106 Å². The quantitative estimate of drug-likeness (QED) is 0.0248. The predicted octanol–water partition coefficient (Wildman–Crippen LogP) is 7.89. The molecule has 2 amide bonds. The van der Waals surface area contributed by atoms with E-state index in [2.05, 4.69) is 30.7 Å². The van der Waals surface area contributed by atoms with Gasteiger partial charge in [-0.25, -0.2) is 4.98 Å². The van der Waals surface area contributed by atoms with Crippen molar-refractivity contribution in [1.29, 1.82) is 5.41 Å². The summed E-state index contributed by atoms with van der Waals surface area (Å²) in [5.74, 6) is -4.13. The van der Waals surface area contributed by atoms with Crippen LogP contribution in [-0.2, 0) is 22.5 Å². The molecular weight excluding hydrogens is 844 g/mol. The fourth-order valence-corrected chi connectivity index (χ4v) is 8.67. The molecule has 1 aliphatic heterocycles. The van der Waals surface area contributed by atoms with Crippen LogP contribution in [0.15, 0.2) is 41.3 Å². The van der Waals surface area contributed by atoms with Gasteiger partial charge in [0, 0.05) is 105 Å². The third-order valence-electron chi connectivity index (χ3n) is 11.0. The highest BCUT2D eigenvalue weighted by Crippen LogP contribution is 2.39. The smallest absolute Gasteiger partial charge is 0.453 e. The third-order valence-corrected chi connectivity index (χ3v) is 12.5. The molecule has 4 rings (SSSR count). The first kappa shape index (κ1) is 51.1. The number of benzene rings is 1. The van der Waals surface area contributed by atoms with Gasteiger partial charge in [-0.1, -0.05) is 36.9 Å². The first-order valence-corrected chi connectivity index (χ1v) is 23.3. The van der Waals surface area contributed by atoms with Gasteiger partial charge in [0.05, 0.1) is 5.56 Å². The molecule has 1 aromatic carbocycles. The molecule has 348 valence electrons. The fraction of sp³-hybridized carbons (Fsp3) is 0.578. The topological polar surface area (TPSA) is 169 Å². The zero-order chi connectivity index (χ0) is 46.2. The first-order valence-electron chi connectivity index (χ1n) is 21.8. The summed E-state index contributed by atoms with van der Waals surface area (Å²) in [5.41, 5.74) is 4.71. The number of carbonyl (C=O) groups is 2. The van der Waals surface area contributed by atoms with Crippen LogP contribution in [0.25, 0.3) is 11.1 Å². The van der Waals surface area contributed by atoms with Crippen molar-refractivity contribution >= 4 is 40.7 Å². The summed E-state index contributed by atoms with van der Waals surface area (Å²) >= 11 is -1.40. The minimum atomic E-state index is -5.57. The third kappa shape index (κ3) is 16.2. The zero-order valence-corrected chi connectivity index (χ0v) is 37.6. The average molecular weight is 907 g/mol. The van der Waals surface area contributed by atoms with Crippen LogP contribution in [0.5, 0.6) is 0 Å². The molecule has 2 aromatic heterocycles. The standard InChI is InChI=1S/C45H63F5N8O4S/c1-31(2)55-39-27-35(26-36(37(39)28-51)42(60)54-30-38-32(3)25-33(4)56-43(38)61)34-14-15-40(53-29-34)58-21-19-57(20-22-58)18-17-52-41(59)13-10-8-6-5-7-9-11-23-63(62)24-12-16-44(46,47)45(48,49)50/h14-15,25-29,31,51,55H,5-13,16-24,30H2,1-4H3,(H,52,59)(H,54,60)(H,56,61). The molecule has 0 saturated carbocycles. The van der Waals surface area contributed by atoms with E-state index >= 15 is 0 Å². The largest absolute Gasteiger partial charge is 0.616 e. The van der Waals surface area contributed by atoms with Crippen LogP contribution in [0.2, 0.25) is 0 Å². The number of rotatable bonds is 25. The summed E-state index contributed by atoms with van der Waals surface area (Å²) in [6, 6.07) is 9.51. The Balaban J connectivity index is 1.14. The molecule has 1 aliphatic rings. The summed E-state index contributed by atoms with van der Waals surface area (Å²) in [6.45, 7) is 12.1. The Morgan fingerprint density at radius 1 is 0.921 bits per heavy atom. The number of aromatic amines is 1. The predicted molar refractivity (Wildman–Crippen MR) is 241 cm³/mol. The highest BCUT2D eigenvalue weighted by molar-refractivity contribution is 7.91. The molecule has 0 radical (unpaired) electrons. The van der Waals surface area contributed by atoms with Crippen LogP contribution in [0.1, 0.15) is 111 Å². The summed E-state index contributed by atoms with van der Waals surface area (Å²) in [5, 5.41) is 17.4. The van der Waals surface area contributed by atoms with E-state index in [0.717, 1.165) is 106 Å². The van der Waals surface area contributed by atoms with Crippen molar-refractivity contribution in [3.8, 4) is 11.1 Å². The van der Waals surface area contributed by atoms with Crippen LogP contribution in [0.3, 0.4) is 0 Å². The van der Waals surface area contributed by atoms with Crippen LogP contribution in [0.4, 0.5) is 33.5 Å². The number of pyridine rings is 2. The zero-order valence-electron chi connectivity index (χ0n) is 36.8. The van der Waals surface area contributed by atoms with Gasteiger partial charge in [-0.15, -0.1) is 0 Å². The molecule has 63 heavy (non-hydrogen) atoms. The van der Waals surface area contributed by atoms with Crippen molar-refractivity contribution in [3.63, 3.8) is 0 Å². The Hall–Kier alpha value is -4.55. The molecule has 1 atom stereocenters. The molecule has 1 unspecified atom stereocenters. The van der Waals surface area contributed by atoms with Gasteiger partial charge >= 0.3 is 12.1 Å². The number of halogens is 5. The van der Waals surface area contributed by atoms with E-state index < -0.39 is 42.0 Å². The number of carbonyl (C=O) groups excluding carboxylic acids is 2. The van der Waals surface area contributed by atoms with E-state index in [1.807, 2.05) is 45.0 Å². The highest BCUT2D eigenvalue weighted by Gasteiger charge is 2.56. The minimum Gasteiger partial charge on any atom is -0.616 e. The maximum Gasteiger partial charge on any atom is 0.453 e. The second-order valence-electron chi connectivity index (χ2n) is 16.5. The lowest BCUT2D eigenvalue weighted by molar-refractivity contribution is -0.284.